The molecule has 2 aromatic carbocycles. The second-order valence-corrected chi connectivity index (χ2v) is 21.7. The molecule has 0 spiro atoms. The lowest BCUT2D eigenvalue weighted by Crippen LogP contribution is -2.64. The Morgan fingerprint density at radius 1 is 0.812 bits per heavy atom. The minimum Gasteiger partial charge on any atom is -0.445 e. The van der Waals surface area contributed by atoms with Gasteiger partial charge >= 0.3 is 12.2 Å². The van der Waals surface area contributed by atoms with E-state index in [-0.39, 0.29) is 37.4 Å². The van der Waals surface area contributed by atoms with Crippen LogP contribution in [0.2, 0.25) is 0 Å². The molecule has 0 bridgehead atoms. The van der Waals surface area contributed by atoms with Crippen LogP contribution in [0, 0.1) is 17.8 Å². The van der Waals surface area contributed by atoms with E-state index in [1.807, 2.05) is 114 Å². The lowest BCUT2D eigenvalue weighted by Gasteiger charge is -2.51. The maximum atomic E-state index is 14.6. The number of hydrogen-bond acceptors (Lipinski definition) is 10. The fourth-order valence-electron chi connectivity index (χ4n) is 9.30. The van der Waals surface area contributed by atoms with Crippen molar-refractivity contribution in [2.75, 3.05) is 13.1 Å². The Morgan fingerprint density at radius 2 is 1.42 bits per heavy atom. The molecule has 0 aromatic heterocycles. The fraction of sp³-hybridized carbons (Fsp3) is 0.623. The first-order valence-corrected chi connectivity index (χ1v) is 24.7. The van der Waals surface area contributed by atoms with Crippen LogP contribution < -0.4 is 26.6 Å². The van der Waals surface area contributed by atoms with E-state index in [0.29, 0.717) is 51.5 Å². The summed E-state index contributed by atoms with van der Waals surface area (Å²) in [5.41, 5.74) is -0.199. The number of hydroxylamine groups is 2. The molecular weight excluding hydrogens is 879 g/mol. The number of rotatable bonds is 21. The van der Waals surface area contributed by atoms with Crippen LogP contribution in [0.1, 0.15) is 132 Å². The Labute approximate surface area is 410 Å². The molecule has 69 heavy (non-hydrogen) atoms. The second kappa shape index (κ2) is 25.4. The van der Waals surface area contributed by atoms with Gasteiger partial charge in [0.15, 0.2) is 0 Å². The van der Waals surface area contributed by atoms with Crippen LogP contribution in [-0.4, -0.2) is 111 Å². The third-order valence-corrected chi connectivity index (χ3v) is 12.5. The second-order valence-electron chi connectivity index (χ2n) is 21.7. The molecule has 4 unspecified atom stereocenters. The number of amides is 6. The summed E-state index contributed by atoms with van der Waals surface area (Å²) in [5, 5.41) is 26.9. The lowest BCUT2D eigenvalue weighted by atomic mass is 9.79. The number of alkyl carbamates (subject to hydrolysis) is 2. The minimum atomic E-state index is -1.05. The summed E-state index contributed by atoms with van der Waals surface area (Å²) in [4.78, 5) is 84.3. The summed E-state index contributed by atoms with van der Waals surface area (Å²) in [6, 6.07) is 15.2. The van der Waals surface area contributed by atoms with Gasteiger partial charge in [-0.2, -0.15) is 5.06 Å². The summed E-state index contributed by atoms with van der Waals surface area (Å²) >= 11 is 0. The van der Waals surface area contributed by atoms with Gasteiger partial charge in [-0.25, -0.2) is 9.59 Å². The first kappa shape index (κ1) is 56.1. The molecule has 4 rings (SSSR count). The average molecular weight is 960 g/mol. The normalized spacial score (nSPS) is 19.0. The van der Waals surface area contributed by atoms with Crippen molar-refractivity contribution in [2.24, 2.45) is 17.8 Å². The highest BCUT2D eigenvalue weighted by Crippen LogP contribution is 2.36. The SMILES string of the molecule is CC(C)CC(/C=C/C(Cc1ccccc1)C(=O)N1CCC[C@H]1C(=O)NC(C(=O)NC(CCCNC(=O)OCc1ccccc1)C(=O)NC1CC(C)(C)N(O)C(C)(C)C1)C(C)C)NC(=O)OC(C)(C)C. The van der Waals surface area contributed by atoms with E-state index in [1.165, 1.54) is 5.06 Å². The van der Waals surface area contributed by atoms with Crippen LogP contribution in [0.4, 0.5) is 9.59 Å². The molecule has 2 aliphatic heterocycles. The Balaban J connectivity index is 1.50. The highest BCUT2D eigenvalue weighted by atomic mass is 16.6. The van der Waals surface area contributed by atoms with Crippen molar-refractivity contribution in [1.29, 1.82) is 0 Å². The van der Waals surface area contributed by atoms with Crippen molar-refractivity contribution in [3.05, 3.63) is 83.9 Å². The van der Waals surface area contributed by atoms with Gasteiger partial charge in [-0.05, 0) is 123 Å². The summed E-state index contributed by atoms with van der Waals surface area (Å²) < 4.78 is 10.9. The van der Waals surface area contributed by atoms with Gasteiger partial charge in [-0.3, -0.25) is 19.2 Å². The number of ether oxygens (including phenoxy) is 2. The zero-order valence-electron chi connectivity index (χ0n) is 42.9. The molecule has 2 heterocycles. The first-order chi connectivity index (χ1) is 32.3. The number of likely N-dealkylation sites (tertiary alicyclic amines) is 1. The van der Waals surface area contributed by atoms with Gasteiger partial charge in [0, 0.05) is 30.2 Å². The Hall–Kier alpha value is -5.48. The molecular formula is C53H81N7O9. The van der Waals surface area contributed by atoms with Crippen molar-refractivity contribution in [3.8, 4) is 0 Å². The monoisotopic (exact) mass is 960 g/mol. The van der Waals surface area contributed by atoms with E-state index < -0.39 is 82.6 Å². The Kier molecular flexibility index (Phi) is 20.7. The van der Waals surface area contributed by atoms with E-state index >= 15 is 0 Å². The number of carbonyl (C=O) groups is 6. The lowest BCUT2D eigenvalue weighted by molar-refractivity contribution is -0.246. The molecule has 6 N–H and O–H groups in total. The molecule has 0 saturated carbocycles. The molecule has 0 aliphatic carbocycles. The molecule has 5 atom stereocenters. The van der Waals surface area contributed by atoms with Crippen LogP contribution >= 0.6 is 0 Å². The predicted octanol–water partition coefficient (Wildman–Crippen LogP) is 7.19. The van der Waals surface area contributed by atoms with Gasteiger partial charge in [0.2, 0.25) is 23.6 Å². The van der Waals surface area contributed by atoms with E-state index in [0.717, 1.165) is 11.1 Å². The molecule has 2 aromatic rings. The van der Waals surface area contributed by atoms with Gasteiger partial charge in [0.25, 0.3) is 0 Å². The van der Waals surface area contributed by atoms with Crippen molar-refractivity contribution >= 4 is 35.8 Å². The number of piperidine rings is 1. The summed E-state index contributed by atoms with van der Waals surface area (Å²) in [6.45, 7) is 21.3. The maximum Gasteiger partial charge on any atom is 0.408 e. The van der Waals surface area contributed by atoms with Gasteiger partial charge in [-0.1, -0.05) is 101 Å². The first-order valence-electron chi connectivity index (χ1n) is 24.7. The summed E-state index contributed by atoms with van der Waals surface area (Å²) in [7, 11) is 0. The molecule has 2 saturated heterocycles. The molecule has 6 amide bonds. The number of carbonyl (C=O) groups excluding carboxylic acids is 6. The number of benzene rings is 2. The molecule has 16 nitrogen and oxygen atoms in total. The third-order valence-electron chi connectivity index (χ3n) is 12.5. The van der Waals surface area contributed by atoms with Crippen LogP contribution in [0.3, 0.4) is 0 Å². The van der Waals surface area contributed by atoms with E-state index in [1.54, 1.807) is 39.5 Å². The van der Waals surface area contributed by atoms with Crippen LogP contribution in [-0.2, 0) is 41.7 Å². The summed E-state index contributed by atoms with van der Waals surface area (Å²) in [6.07, 6.45) is 5.84. The van der Waals surface area contributed by atoms with Gasteiger partial charge in [0.1, 0.15) is 30.3 Å². The largest absolute Gasteiger partial charge is 0.445 e. The molecule has 16 heteroatoms. The molecule has 382 valence electrons. The number of nitrogens with one attached hydrogen (secondary N) is 5. The zero-order chi connectivity index (χ0) is 51.1. The van der Waals surface area contributed by atoms with E-state index in [2.05, 4.69) is 26.6 Å². The average Bonchev–Trinajstić information content (AvgIpc) is 3.76. The highest BCUT2D eigenvalue weighted by Gasteiger charge is 2.46. The quantitative estimate of drug-likeness (QED) is 0.0548. The van der Waals surface area contributed by atoms with Gasteiger partial charge in [0.05, 0.1) is 12.0 Å². The van der Waals surface area contributed by atoms with Crippen molar-refractivity contribution < 1.29 is 43.4 Å². The van der Waals surface area contributed by atoms with Gasteiger partial charge < -0.3 is 46.2 Å². The standard InChI is InChI=1S/C53H81N7O9/c1-35(2)30-40(56-50(66)69-51(5,6)7)27-26-39(31-37-20-14-12-15-21-37)48(64)59-29-19-25-43(59)46(62)58-44(36(3)4)47(63)57-42(24-18-28-54-49(65)68-34-38-22-16-13-17-23-38)45(61)55-41-32-52(8,9)60(67)53(10,11)33-41/h12-17,20-23,26-27,35-36,39-44,67H,18-19,24-25,28-34H2,1-11H3,(H,54,65)(H,55,61)(H,56,66)(H,57,63)(H,58,62)/b27-26+/t39?,40?,42?,43-,44?/m0/s1. The maximum absolute atomic E-state index is 14.6. The van der Waals surface area contributed by atoms with Crippen LogP contribution in [0.25, 0.3) is 0 Å². The van der Waals surface area contributed by atoms with E-state index in [9.17, 15) is 34.0 Å². The van der Waals surface area contributed by atoms with E-state index in [4.69, 9.17) is 9.47 Å². The molecule has 2 aliphatic rings. The number of nitrogens with zero attached hydrogens (tertiary/aromatic N) is 2. The van der Waals surface area contributed by atoms with Crippen LogP contribution in [0.5, 0.6) is 0 Å². The van der Waals surface area contributed by atoms with Crippen molar-refractivity contribution in [1.82, 2.24) is 36.5 Å². The smallest absolute Gasteiger partial charge is 0.408 e. The highest BCUT2D eigenvalue weighted by molar-refractivity contribution is 5.95. The molecule has 2 fully saturated rings. The third kappa shape index (κ3) is 18.1. The summed E-state index contributed by atoms with van der Waals surface area (Å²) in [5.74, 6) is -2.54. The predicted molar refractivity (Wildman–Crippen MR) is 266 cm³/mol. The Bertz CT molecular complexity index is 2020. The van der Waals surface area contributed by atoms with Crippen LogP contribution in [0.15, 0.2) is 72.8 Å². The Morgan fingerprint density at radius 3 is 2.00 bits per heavy atom. The van der Waals surface area contributed by atoms with Crippen molar-refractivity contribution in [2.45, 2.75) is 181 Å². The minimum absolute atomic E-state index is 0.0987. The fourth-order valence-corrected chi connectivity index (χ4v) is 9.30. The number of hydrogen-bond donors (Lipinski definition) is 6. The zero-order valence-corrected chi connectivity index (χ0v) is 42.9. The van der Waals surface area contributed by atoms with Crippen molar-refractivity contribution in [3.63, 3.8) is 0 Å². The van der Waals surface area contributed by atoms with Gasteiger partial charge in [-0.15, -0.1) is 0 Å². The topological polar surface area (TPSA) is 208 Å². The molecule has 0 radical (unpaired) electrons.